The summed E-state index contributed by atoms with van der Waals surface area (Å²) in [5, 5.41) is 2.76. The van der Waals surface area contributed by atoms with E-state index in [1.807, 2.05) is 13.8 Å². The van der Waals surface area contributed by atoms with Gasteiger partial charge in [-0.3, -0.25) is 9.59 Å². The molecule has 1 saturated heterocycles. The fourth-order valence-electron chi connectivity index (χ4n) is 3.29. The third-order valence-electron chi connectivity index (χ3n) is 4.75. The molecule has 0 spiro atoms. The minimum atomic E-state index is -0.477. The van der Waals surface area contributed by atoms with Gasteiger partial charge in [0.25, 0.3) is 0 Å². The summed E-state index contributed by atoms with van der Waals surface area (Å²) in [7, 11) is 1.79. The summed E-state index contributed by atoms with van der Waals surface area (Å²) in [6.07, 6.45) is 3.85. The van der Waals surface area contributed by atoms with E-state index in [9.17, 15) is 9.59 Å². The Hall–Kier alpha value is -2.04. The van der Waals surface area contributed by atoms with Gasteiger partial charge in [0, 0.05) is 39.3 Å². The Labute approximate surface area is 151 Å². The molecule has 1 atom stereocenters. The lowest BCUT2D eigenvalue weighted by atomic mass is 10.0. The molecule has 1 N–H and O–H groups in total. The molecule has 2 amide bonds. The number of benzene rings is 1. The zero-order valence-corrected chi connectivity index (χ0v) is 15.9. The third-order valence-corrected chi connectivity index (χ3v) is 4.75. The number of carbonyl (C=O) groups excluding carboxylic acids is 2. The van der Waals surface area contributed by atoms with E-state index in [1.165, 1.54) is 31.9 Å². The average molecular weight is 345 g/mol. The molecule has 0 bridgehead atoms. The predicted octanol–water partition coefficient (Wildman–Crippen LogP) is 2.80. The van der Waals surface area contributed by atoms with Crippen LogP contribution < -0.4 is 10.2 Å². The number of anilines is 1. The van der Waals surface area contributed by atoms with E-state index in [1.54, 1.807) is 11.9 Å². The van der Waals surface area contributed by atoms with Crippen LogP contribution in [-0.4, -0.2) is 42.9 Å². The topological polar surface area (TPSA) is 52.7 Å². The summed E-state index contributed by atoms with van der Waals surface area (Å²) in [6, 6.07) is 8.00. The van der Waals surface area contributed by atoms with Gasteiger partial charge in [-0.15, -0.1) is 0 Å². The Morgan fingerprint density at radius 2 is 1.72 bits per heavy atom. The van der Waals surface area contributed by atoms with Crippen LogP contribution in [0, 0.1) is 5.92 Å². The molecule has 0 radical (unpaired) electrons. The quantitative estimate of drug-likeness (QED) is 0.862. The normalized spacial score (nSPS) is 15.8. The Morgan fingerprint density at radius 3 is 2.24 bits per heavy atom. The molecule has 0 unspecified atom stereocenters. The lowest BCUT2D eigenvalue weighted by Gasteiger charge is -2.29. The van der Waals surface area contributed by atoms with Gasteiger partial charge in [0.15, 0.2) is 0 Å². The Bertz CT molecular complexity index is 577. The first-order valence-electron chi connectivity index (χ1n) is 9.24. The molecule has 1 aromatic carbocycles. The van der Waals surface area contributed by atoms with Crippen molar-refractivity contribution in [3.05, 3.63) is 29.8 Å². The first kappa shape index (κ1) is 19.3. The van der Waals surface area contributed by atoms with Crippen LogP contribution in [0.3, 0.4) is 0 Å². The second-order valence-corrected chi connectivity index (χ2v) is 7.33. The number of likely N-dealkylation sites (N-methyl/N-ethyl adjacent to an activating group) is 1. The lowest BCUT2D eigenvalue weighted by molar-refractivity contribution is -0.136. The van der Waals surface area contributed by atoms with Gasteiger partial charge in [0.2, 0.25) is 11.8 Å². The van der Waals surface area contributed by atoms with Gasteiger partial charge in [-0.2, -0.15) is 0 Å². The molecule has 1 aliphatic rings. The van der Waals surface area contributed by atoms with Gasteiger partial charge in [-0.05, 0) is 42.9 Å². The van der Waals surface area contributed by atoms with Crippen LogP contribution in [0.2, 0.25) is 0 Å². The van der Waals surface area contributed by atoms with E-state index in [2.05, 4.69) is 34.5 Å². The van der Waals surface area contributed by atoms with Crippen LogP contribution in [0.1, 0.15) is 45.6 Å². The van der Waals surface area contributed by atoms with Gasteiger partial charge in [0.1, 0.15) is 6.04 Å². The molecule has 5 heteroatoms. The first-order valence-corrected chi connectivity index (χ1v) is 9.24. The van der Waals surface area contributed by atoms with Crippen molar-refractivity contribution < 1.29 is 9.59 Å². The van der Waals surface area contributed by atoms with Crippen LogP contribution in [0.15, 0.2) is 24.3 Å². The Balaban J connectivity index is 1.97. The molecule has 0 saturated carbocycles. The van der Waals surface area contributed by atoms with Crippen molar-refractivity contribution in [1.29, 1.82) is 0 Å². The van der Waals surface area contributed by atoms with E-state index in [0.717, 1.165) is 18.7 Å². The smallest absolute Gasteiger partial charge is 0.245 e. The summed E-state index contributed by atoms with van der Waals surface area (Å²) < 4.78 is 0. The molecular formula is C20H31N3O2. The van der Waals surface area contributed by atoms with Crippen LogP contribution >= 0.6 is 0 Å². The van der Waals surface area contributed by atoms with Crippen LogP contribution in [0.5, 0.6) is 0 Å². The van der Waals surface area contributed by atoms with Crippen molar-refractivity contribution in [3.63, 3.8) is 0 Å². The number of nitrogens with one attached hydrogen (secondary N) is 1. The summed E-state index contributed by atoms with van der Waals surface area (Å²) >= 11 is 0. The molecule has 2 rings (SSSR count). The fourth-order valence-corrected chi connectivity index (χ4v) is 3.29. The van der Waals surface area contributed by atoms with E-state index in [-0.39, 0.29) is 17.7 Å². The van der Waals surface area contributed by atoms with Crippen molar-refractivity contribution in [2.75, 3.05) is 25.0 Å². The average Bonchev–Trinajstić information content (AvgIpc) is 2.60. The molecule has 1 fully saturated rings. The van der Waals surface area contributed by atoms with Crippen LogP contribution in [0.25, 0.3) is 0 Å². The van der Waals surface area contributed by atoms with Gasteiger partial charge >= 0.3 is 0 Å². The van der Waals surface area contributed by atoms with Gasteiger partial charge in [0.05, 0.1) is 0 Å². The Morgan fingerprint density at radius 1 is 1.12 bits per heavy atom. The molecule has 0 aromatic heterocycles. The maximum absolute atomic E-state index is 12.6. The number of nitrogens with zero attached hydrogens (tertiary/aromatic N) is 2. The number of hydrogen-bond acceptors (Lipinski definition) is 3. The molecule has 1 aromatic rings. The summed E-state index contributed by atoms with van der Waals surface area (Å²) in [5.41, 5.74) is 2.36. The molecule has 1 aliphatic heterocycles. The second kappa shape index (κ2) is 8.88. The molecule has 5 nitrogen and oxygen atoms in total. The zero-order valence-electron chi connectivity index (χ0n) is 15.9. The number of hydrogen-bond donors (Lipinski definition) is 1. The highest BCUT2D eigenvalue weighted by Crippen LogP contribution is 2.20. The minimum absolute atomic E-state index is 0.0506. The third kappa shape index (κ3) is 5.48. The highest BCUT2D eigenvalue weighted by atomic mass is 16.2. The minimum Gasteiger partial charge on any atom is -0.372 e. The van der Waals surface area contributed by atoms with Gasteiger partial charge in [-0.25, -0.2) is 0 Å². The fraction of sp³-hybridized carbons (Fsp3) is 0.600. The molecule has 1 heterocycles. The standard InChI is InChI=1S/C20H31N3O2/c1-15(2)19(21-16(3)24)20(25)22(4)14-17-8-10-18(11-9-17)23-12-6-5-7-13-23/h8-11,15,19H,5-7,12-14H2,1-4H3,(H,21,24)/t19-/m1/s1. The van der Waals surface area contributed by atoms with Crippen molar-refractivity contribution in [2.45, 2.75) is 52.6 Å². The molecule has 0 aliphatic carbocycles. The van der Waals surface area contributed by atoms with E-state index < -0.39 is 6.04 Å². The van der Waals surface area contributed by atoms with Crippen molar-refractivity contribution in [3.8, 4) is 0 Å². The van der Waals surface area contributed by atoms with E-state index in [4.69, 9.17) is 0 Å². The summed E-state index contributed by atoms with van der Waals surface area (Å²) in [6.45, 7) is 8.14. The monoisotopic (exact) mass is 345 g/mol. The SMILES string of the molecule is CC(=O)N[C@@H](C(=O)N(C)Cc1ccc(N2CCCCC2)cc1)C(C)C. The summed E-state index contributed by atoms with van der Waals surface area (Å²) in [4.78, 5) is 28.1. The highest BCUT2D eigenvalue weighted by Gasteiger charge is 2.26. The highest BCUT2D eigenvalue weighted by molar-refractivity contribution is 5.86. The number of amides is 2. The van der Waals surface area contributed by atoms with Crippen LogP contribution in [-0.2, 0) is 16.1 Å². The van der Waals surface area contributed by atoms with E-state index >= 15 is 0 Å². The maximum Gasteiger partial charge on any atom is 0.245 e. The lowest BCUT2D eigenvalue weighted by Crippen LogP contribution is -2.49. The first-order chi connectivity index (χ1) is 11.9. The van der Waals surface area contributed by atoms with Crippen LogP contribution in [0.4, 0.5) is 5.69 Å². The van der Waals surface area contributed by atoms with Gasteiger partial charge < -0.3 is 15.1 Å². The number of piperidine rings is 1. The van der Waals surface area contributed by atoms with Gasteiger partial charge in [-0.1, -0.05) is 26.0 Å². The zero-order chi connectivity index (χ0) is 18.4. The molecule has 138 valence electrons. The predicted molar refractivity (Wildman–Crippen MR) is 101 cm³/mol. The van der Waals surface area contributed by atoms with Crippen molar-refractivity contribution in [1.82, 2.24) is 10.2 Å². The van der Waals surface area contributed by atoms with E-state index in [0.29, 0.717) is 6.54 Å². The van der Waals surface area contributed by atoms with Crippen molar-refractivity contribution >= 4 is 17.5 Å². The number of carbonyl (C=O) groups is 2. The molecule has 25 heavy (non-hydrogen) atoms. The summed E-state index contributed by atoms with van der Waals surface area (Å²) in [5.74, 6) is -0.169. The largest absolute Gasteiger partial charge is 0.372 e. The number of rotatable bonds is 6. The second-order valence-electron chi connectivity index (χ2n) is 7.33. The Kier molecular flexibility index (Phi) is 6.85. The maximum atomic E-state index is 12.6. The molecular weight excluding hydrogens is 314 g/mol. The van der Waals surface area contributed by atoms with Crippen molar-refractivity contribution in [2.24, 2.45) is 5.92 Å².